The van der Waals surface area contributed by atoms with Crippen LogP contribution in [0.1, 0.15) is 32.6 Å². The maximum atomic E-state index is 11.5. The van der Waals surface area contributed by atoms with Gasteiger partial charge < -0.3 is 15.0 Å². The molecule has 4 nitrogen and oxygen atoms in total. The lowest BCUT2D eigenvalue weighted by molar-refractivity contribution is -0.307. The van der Waals surface area contributed by atoms with Crippen LogP contribution in [-0.2, 0) is 9.59 Å². The van der Waals surface area contributed by atoms with Crippen molar-refractivity contribution in [1.82, 2.24) is 0 Å². The fraction of sp³-hybridized carbons (Fsp3) is 0.667. The van der Waals surface area contributed by atoms with Gasteiger partial charge in [0.15, 0.2) is 0 Å². The Balaban J connectivity index is 2.53. The Morgan fingerprint density at radius 2 is 2.38 bits per heavy atom. The van der Waals surface area contributed by atoms with E-state index in [0.29, 0.717) is 19.3 Å². The number of carbonyl (C=O) groups is 2. The SMILES string of the molecule is CC(O)/C=C\CC1C(=O)CCC1CC(=O)[O-]. The van der Waals surface area contributed by atoms with E-state index in [2.05, 4.69) is 0 Å². The maximum Gasteiger partial charge on any atom is 0.136 e. The van der Waals surface area contributed by atoms with E-state index in [1.807, 2.05) is 0 Å². The molecule has 0 aromatic carbocycles. The number of hydrogen-bond donors (Lipinski definition) is 1. The third-order valence-corrected chi connectivity index (χ3v) is 2.98. The van der Waals surface area contributed by atoms with Gasteiger partial charge in [-0.1, -0.05) is 12.2 Å². The Labute approximate surface area is 95.0 Å². The molecule has 0 bridgehead atoms. The number of ketones is 1. The van der Waals surface area contributed by atoms with Crippen LogP contribution in [0.4, 0.5) is 0 Å². The van der Waals surface area contributed by atoms with Crippen LogP contribution in [0.25, 0.3) is 0 Å². The molecule has 0 aromatic heterocycles. The van der Waals surface area contributed by atoms with Gasteiger partial charge in [-0.3, -0.25) is 4.79 Å². The van der Waals surface area contributed by atoms with Crippen molar-refractivity contribution >= 4 is 11.8 Å². The third-order valence-electron chi connectivity index (χ3n) is 2.98. The Morgan fingerprint density at radius 3 is 2.94 bits per heavy atom. The van der Waals surface area contributed by atoms with Crippen LogP contribution in [0.2, 0.25) is 0 Å². The summed E-state index contributed by atoms with van der Waals surface area (Å²) in [6.07, 6.45) is 4.41. The fourth-order valence-electron chi connectivity index (χ4n) is 2.18. The fourth-order valence-corrected chi connectivity index (χ4v) is 2.18. The summed E-state index contributed by atoms with van der Waals surface area (Å²) in [6.45, 7) is 1.63. The van der Waals surface area contributed by atoms with E-state index in [0.717, 1.165) is 0 Å². The lowest BCUT2D eigenvalue weighted by atomic mass is 9.89. The average molecular weight is 225 g/mol. The van der Waals surface area contributed by atoms with E-state index in [1.165, 1.54) is 0 Å². The topological polar surface area (TPSA) is 77.4 Å². The molecule has 16 heavy (non-hydrogen) atoms. The second-order valence-electron chi connectivity index (χ2n) is 4.35. The van der Waals surface area contributed by atoms with Crippen molar-refractivity contribution in [3.8, 4) is 0 Å². The van der Waals surface area contributed by atoms with Crippen LogP contribution in [0.15, 0.2) is 12.2 Å². The molecule has 3 atom stereocenters. The zero-order valence-corrected chi connectivity index (χ0v) is 9.39. The molecule has 1 saturated carbocycles. The van der Waals surface area contributed by atoms with Gasteiger partial charge in [-0.05, 0) is 32.1 Å². The molecule has 0 aromatic rings. The molecule has 0 spiro atoms. The number of allylic oxidation sites excluding steroid dienone is 1. The van der Waals surface area contributed by atoms with Gasteiger partial charge in [0, 0.05) is 18.3 Å². The Kier molecular flexibility index (Phi) is 4.68. The monoisotopic (exact) mass is 225 g/mol. The largest absolute Gasteiger partial charge is 0.550 e. The Hall–Kier alpha value is -1.16. The molecule has 1 fully saturated rings. The van der Waals surface area contributed by atoms with Gasteiger partial charge in [-0.25, -0.2) is 0 Å². The molecule has 0 saturated heterocycles. The lowest BCUT2D eigenvalue weighted by Gasteiger charge is -2.17. The number of carboxylic acid groups (broad SMARTS) is 1. The summed E-state index contributed by atoms with van der Waals surface area (Å²) in [6, 6.07) is 0. The lowest BCUT2D eigenvalue weighted by Crippen LogP contribution is -2.27. The number of aliphatic carboxylic acids is 1. The standard InChI is InChI=1S/C12H18O4/c1-8(13)3-2-4-10-9(7-12(15)16)5-6-11(10)14/h2-3,8-10,13H,4-7H2,1H3,(H,15,16)/p-1/b3-2-. The maximum absolute atomic E-state index is 11.5. The molecule has 0 radical (unpaired) electrons. The molecule has 4 heteroatoms. The van der Waals surface area contributed by atoms with Crippen LogP contribution in [0.5, 0.6) is 0 Å². The van der Waals surface area contributed by atoms with Gasteiger partial charge in [0.25, 0.3) is 0 Å². The summed E-state index contributed by atoms with van der Waals surface area (Å²) in [5.41, 5.74) is 0. The molecule has 1 rings (SSSR count). The molecule has 0 aliphatic heterocycles. The molecule has 1 aliphatic carbocycles. The third kappa shape index (κ3) is 3.77. The quantitative estimate of drug-likeness (QED) is 0.670. The zero-order chi connectivity index (χ0) is 12.1. The smallest absolute Gasteiger partial charge is 0.136 e. The summed E-state index contributed by atoms with van der Waals surface area (Å²) >= 11 is 0. The second kappa shape index (κ2) is 5.80. The predicted molar refractivity (Wildman–Crippen MR) is 56.3 cm³/mol. The zero-order valence-electron chi connectivity index (χ0n) is 9.39. The van der Waals surface area contributed by atoms with Crippen molar-refractivity contribution in [2.24, 2.45) is 11.8 Å². The summed E-state index contributed by atoms with van der Waals surface area (Å²) in [5.74, 6) is -1.28. The van der Waals surface area contributed by atoms with Crippen LogP contribution in [0, 0.1) is 11.8 Å². The predicted octanol–water partition coefficient (Wildman–Crippen LogP) is 0.0488. The number of hydrogen-bond acceptors (Lipinski definition) is 4. The van der Waals surface area contributed by atoms with E-state index in [4.69, 9.17) is 5.11 Å². The molecule has 0 amide bonds. The van der Waals surface area contributed by atoms with Crippen molar-refractivity contribution in [1.29, 1.82) is 0 Å². The van der Waals surface area contributed by atoms with E-state index < -0.39 is 12.1 Å². The average Bonchev–Trinajstić information content (AvgIpc) is 2.48. The molecule has 1 N–H and O–H groups in total. The van der Waals surface area contributed by atoms with E-state index in [1.54, 1.807) is 19.1 Å². The van der Waals surface area contributed by atoms with E-state index in [9.17, 15) is 14.7 Å². The first-order valence-electron chi connectivity index (χ1n) is 5.58. The van der Waals surface area contributed by atoms with Crippen molar-refractivity contribution < 1.29 is 19.8 Å². The van der Waals surface area contributed by atoms with Crippen molar-refractivity contribution in [3.05, 3.63) is 12.2 Å². The minimum absolute atomic E-state index is 0.0427. The highest BCUT2D eigenvalue weighted by molar-refractivity contribution is 5.84. The molecule has 90 valence electrons. The first-order chi connectivity index (χ1) is 7.50. The molecule has 0 heterocycles. The summed E-state index contributed by atoms with van der Waals surface area (Å²) in [4.78, 5) is 22.0. The first-order valence-corrected chi connectivity index (χ1v) is 5.58. The first kappa shape index (κ1) is 12.9. The molecular formula is C12H17O4-. The number of carbonyl (C=O) groups excluding carboxylic acids is 2. The number of aliphatic hydroxyl groups is 1. The van der Waals surface area contributed by atoms with Crippen molar-refractivity contribution in [2.45, 2.75) is 38.7 Å². The van der Waals surface area contributed by atoms with Gasteiger partial charge in [-0.15, -0.1) is 0 Å². The van der Waals surface area contributed by atoms with Crippen LogP contribution < -0.4 is 5.11 Å². The molecule has 1 aliphatic rings. The highest BCUT2D eigenvalue weighted by Crippen LogP contribution is 2.33. The highest BCUT2D eigenvalue weighted by Gasteiger charge is 2.33. The van der Waals surface area contributed by atoms with Gasteiger partial charge in [0.1, 0.15) is 5.78 Å². The van der Waals surface area contributed by atoms with Gasteiger partial charge in [0.2, 0.25) is 0 Å². The number of Topliss-reactive ketones (excluding diaryl/α,β-unsaturated/α-hetero) is 1. The minimum atomic E-state index is -1.09. The summed E-state index contributed by atoms with van der Waals surface area (Å²) < 4.78 is 0. The van der Waals surface area contributed by atoms with E-state index in [-0.39, 0.29) is 24.0 Å². The van der Waals surface area contributed by atoms with Gasteiger partial charge in [-0.2, -0.15) is 0 Å². The van der Waals surface area contributed by atoms with Gasteiger partial charge >= 0.3 is 0 Å². The number of carboxylic acids is 1. The van der Waals surface area contributed by atoms with Crippen molar-refractivity contribution in [2.75, 3.05) is 0 Å². The summed E-state index contributed by atoms with van der Waals surface area (Å²) in [7, 11) is 0. The van der Waals surface area contributed by atoms with E-state index >= 15 is 0 Å². The normalized spacial score (nSPS) is 27.5. The minimum Gasteiger partial charge on any atom is -0.550 e. The highest BCUT2D eigenvalue weighted by atomic mass is 16.4. The van der Waals surface area contributed by atoms with Crippen LogP contribution in [-0.4, -0.2) is 23.0 Å². The number of rotatable bonds is 5. The van der Waals surface area contributed by atoms with Crippen LogP contribution >= 0.6 is 0 Å². The summed E-state index contributed by atoms with van der Waals surface area (Å²) in [5, 5.41) is 19.5. The second-order valence-corrected chi connectivity index (χ2v) is 4.35. The number of aliphatic hydroxyl groups excluding tert-OH is 1. The Morgan fingerprint density at radius 1 is 1.69 bits per heavy atom. The van der Waals surface area contributed by atoms with Crippen LogP contribution in [0.3, 0.4) is 0 Å². The van der Waals surface area contributed by atoms with Gasteiger partial charge in [0.05, 0.1) is 6.10 Å². The molecule has 3 unspecified atom stereocenters. The molecular weight excluding hydrogens is 208 g/mol. The Bertz CT molecular complexity index is 293. The van der Waals surface area contributed by atoms with Crippen molar-refractivity contribution in [3.63, 3.8) is 0 Å².